The van der Waals surface area contributed by atoms with Crippen LogP contribution in [0.4, 0.5) is 0 Å². The summed E-state index contributed by atoms with van der Waals surface area (Å²) in [5, 5.41) is 0. The van der Waals surface area contributed by atoms with Crippen molar-refractivity contribution in [2.45, 2.75) is 119 Å². The first-order valence-electron chi connectivity index (χ1n) is 23.5. The molecule has 0 radical (unpaired) electrons. The van der Waals surface area contributed by atoms with Crippen LogP contribution in [0.2, 0.25) is 0 Å². The molecule has 0 amide bonds. The predicted octanol–water partition coefficient (Wildman–Crippen LogP) is 9.00. The van der Waals surface area contributed by atoms with Gasteiger partial charge in [0.15, 0.2) is 0 Å². The van der Waals surface area contributed by atoms with Crippen molar-refractivity contribution in [3.8, 4) is 23.0 Å². The molecule has 0 saturated heterocycles. The zero-order valence-corrected chi connectivity index (χ0v) is 43.0. The topological polar surface area (TPSA) is 176 Å². The van der Waals surface area contributed by atoms with Gasteiger partial charge in [-0.15, -0.1) is 0 Å². The number of methoxy groups -OCH3 is 6. The monoisotopic (exact) mass is 966 g/mol. The summed E-state index contributed by atoms with van der Waals surface area (Å²) in [4.78, 5) is 75.4. The molecule has 70 heavy (non-hydrogen) atoms. The molecule has 0 aromatic heterocycles. The first-order chi connectivity index (χ1) is 33.1. The van der Waals surface area contributed by atoms with Crippen molar-refractivity contribution >= 4 is 35.8 Å². The Kier molecular flexibility index (Phi) is 20.6. The molecular weight excluding hydrogens is 897 g/mol. The Balaban J connectivity index is 1.80. The average Bonchev–Trinajstić information content (AvgIpc) is 3.33. The fourth-order valence-corrected chi connectivity index (χ4v) is 7.73. The van der Waals surface area contributed by atoms with Crippen molar-refractivity contribution < 1.29 is 66.7 Å². The maximum absolute atomic E-state index is 12.9. The molecule has 0 N–H and O–H groups in total. The third-order valence-electron chi connectivity index (χ3n) is 11.9. The lowest BCUT2D eigenvalue weighted by Gasteiger charge is -2.20. The molecule has 4 rings (SSSR count). The Hall–Kier alpha value is -6.70. The van der Waals surface area contributed by atoms with Crippen LogP contribution in [0.25, 0.3) is 0 Å². The molecule has 0 fully saturated rings. The summed E-state index contributed by atoms with van der Waals surface area (Å²) in [6, 6.07) is 18.8. The van der Waals surface area contributed by atoms with Crippen molar-refractivity contribution in [1.29, 1.82) is 0 Å². The largest absolute Gasteiger partial charge is 0.496 e. The van der Waals surface area contributed by atoms with Gasteiger partial charge in [-0.25, -0.2) is 0 Å². The van der Waals surface area contributed by atoms with Crippen molar-refractivity contribution in [2.24, 2.45) is 10.8 Å². The normalized spacial score (nSPS) is 11.3. The lowest BCUT2D eigenvalue weighted by atomic mass is 9.88. The Morgan fingerprint density at radius 1 is 0.357 bits per heavy atom. The first kappa shape index (κ1) is 55.9. The maximum atomic E-state index is 12.9. The highest BCUT2D eigenvalue weighted by molar-refractivity contribution is 5.79. The van der Waals surface area contributed by atoms with E-state index >= 15 is 0 Å². The minimum Gasteiger partial charge on any atom is -0.496 e. The number of aryl methyl sites for hydroxylation is 6. The van der Waals surface area contributed by atoms with Crippen LogP contribution in [0.15, 0.2) is 60.7 Å². The van der Waals surface area contributed by atoms with Gasteiger partial charge in [-0.2, -0.15) is 0 Å². The third-order valence-corrected chi connectivity index (χ3v) is 11.9. The third kappa shape index (κ3) is 16.5. The molecule has 4 aromatic rings. The zero-order chi connectivity index (χ0) is 51.8. The van der Waals surface area contributed by atoms with Crippen LogP contribution in [-0.2, 0) is 99.1 Å². The van der Waals surface area contributed by atoms with Gasteiger partial charge in [-0.1, -0.05) is 24.3 Å². The molecule has 0 saturated carbocycles. The highest BCUT2D eigenvalue weighted by Crippen LogP contribution is 2.34. The van der Waals surface area contributed by atoms with Crippen LogP contribution < -0.4 is 18.9 Å². The number of carbonyl (C=O) groups excluding carboxylic acids is 6. The van der Waals surface area contributed by atoms with E-state index in [1.807, 2.05) is 48.5 Å². The minimum atomic E-state index is -0.734. The number of hydrogen-bond donors (Lipinski definition) is 0. The molecule has 0 heterocycles. The van der Waals surface area contributed by atoms with Gasteiger partial charge in [0.1, 0.15) is 23.0 Å². The smallest absolute Gasteiger partial charge is 0.316 e. The van der Waals surface area contributed by atoms with Gasteiger partial charge in [0.2, 0.25) is 0 Å². The molecule has 4 aromatic carbocycles. The summed E-state index contributed by atoms with van der Waals surface area (Å²) < 4.78 is 43.6. The molecule has 0 spiro atoms. The Labute approximate surface area is 412 Å². The molecule has 0 aliphatic heterocycles. The number of esters is 6. The molecule has 0 aliphatic carbocycles. The van der Waals surface area contributed by atoms with Gasteiger partial charge in [-0.05, 0) is 172 Å². The second-order valence-electron chi connectivity index (χ2n) is 19.2. The lowest BCUT2D eigenvalue weighted by Crippen LogP contribution is -2.25. The quantitative estimate of drug-likeness (QED) is 0.0391. The highest BCUT2D eigenvalue weighted by atomic mass is 16.5. The summed E-state index contributed by atoms with van der Waals surface area (Å²) in [6.07, 6.45) is 3.83. The summed E-state index contributed by atoms with van der Waals surface area (Å²) >= 11 is 0. The minimum absolute atomic E-state index is 0.128. The van der Waals surface area contributed by atoms with Crippen LogP contribution >= 0.6 is 0 Å². The highest BCUT2D eigenvalue weighted by Gasteiger charge is 2.26. The molecule has 0 bridgehead atoms. The number of carbonyl (C=O) groups is 6. The second kappa shape index (κ2) is 25.8. The SMILES string of the molecule is COC(=O)CCc1cc(Cc2cc(OC(=O)C(C)(C)C)ccc2CCC(=O)OC)c(OC)cc1CCc1cc(OC)c(Cc2cc(OC(=O)C(C)(C)C)ccc2CCC(=O)OC)cc1CCC(=O)OC. The maximum Gasteiger partial charge on any atom is 0.316 e. The molecule has 0 unspecified atom stereocenters. The van der Waals surface area contributed by atoms with Gasteiger partial charge in [0, 0.05) is 38.5 Å². The van der Waals surface area contributed by atoms with E-state index in [4.69, 9.17) is 37.9 Å². The van der Waals surface area contributed by atoms with Crippen molar-refractivity contribution in [2.75, 3.05) is 42.7 Å². The van der Waals surface area contributed by atoms with Gasteiger partial charge in [-0.3, -0.25) is 28.8 Å². The van der Waals surface area contributed by atoms with Gasteiger partial charge in [0.05, 0.1) is 53.5 Å². The van der Waals surface area contributed by atoms with Crippen molar-refractivity contribution in [3.63, 3.8) is 0 Å². The standard InChI is InChI=1S/C56H70O14/c1-55(2,3)53(61)69-45-21-15-35(17-23-49(57)65-9)41(31-45)29-43-27-37(19-25-51(59)67-11)39(33-47(43)63-7)13-14-40-34-48(64-8)44(28-38(40)20-26-52(60)68-12)30-42-32-46(70-54(62)56(4,5)6)22-16-36(42)18-24-50(58)66-10/h15-16,21-22,27-28,31-34H,13-14,17-20,23-26,29-30H2,1-12H3. The fraction of sp³-hybridized carbons (Fsp3) is 0.464. The van der Waals surface area contributed by atoms with Gasteiger partial charge < -0.3 is 37.9 Å². The Morgan fingerprint density at radius 2 is 0.657 bits per heavy atom. The molecular formula is C56H70O14. The molecule has 0 atom stereocenters. The number of hydrogen-bond acceptors (Lipinski definition) is 14. The first-order valence-corrected chi connectivity index (χ1v) is 23.5. The Morgan fingerprint density at radius 3 is 0.943 bits per heavy atom. The Bertz CT molecular complexity index is 2330. The lowest BCUT2D eigenvalue weighted by molar-refractivity contribution is -0.143. The summed E-state index contributed by atoms with van der Waals surface area (Å²) in [7, 11) is 8.59. The van der Waals surface area contributed by atoms with Crippen LogP contribution in [0.3, 0.4) is 0 Å². The van der Waals surface area contributed by atoms with Crippen LogP contribution in [0, 0.1) is 10.8 Å². The number of benzene rings is 4. The van der Waals surface area contributed by atoms with E-state index in [-0.39, 0.29) is 61.5 Å². The van der Waals surface area contributed by atoms with Crippen LogP contribution in [-0.4, -0.2) is 78.5 Å². The van der Waals surface area contributed by atoms with E-state index in [2.05, 4.69) is 0 Å². The summed E-state index contributed by atoms with van der Waals surface area (Å²) in [6.45, 7) is 10.7. The second-order valence-corrected chi connectivity index (χ2v) is 19.2. The number of ether oxygens (including phenoxy) is 8. The van der Waals surface area contributed by atoms with E-state index in [9.17, 15) is 28.8 Å². The van der Waals surface area contributed by atoms with Gasteiger partial charge >= 0.3 is 35.8 Å². The number of rotatable bonds is 23. The van der Waals surface area contributed by atoms with Gasteiger partial charge in [0.25, 0.3) is 0 Å². The molecule has 378 valence electrons. The van der Waals surface area contributed by atoms with Crippen molar-refractivity contribution in [3.05, 3.63) is 116 Å². The fourth-order valence-electron chi connectivity index (χ4n) is 7.73. The summed E-state index contributed by atoms with van der Waals surface area (Å²) in [5.41, 5.74) is 7.22. The van der Waals surface area contributed by atoms with E-state index in [0.29, 0.717) is 74.4 Å². The predicted molar refractivity (Wildman–Crippen MR) is 263 cm³/mol. The van der Waals surface area contributed by atoms with E-state index in [1.165, 1.54) is 28.4 Å². The van der Waals surface area contributed by atoms with Crippen molar-refractivity contribution in [1.82, 2.24) is 0 Å². The van der Waals surface area contributed by atoms with Crippen LogP contribution in [0.5, 0.6) is 23.0 Å². The summed E-state index contributed by atoms with van der Waals surface area (Å²) in [5.74, 6) is -0.258. The molecule has 14 nitrogen and oxygen atoms in total. The van der Waals surface area contributed by atoms with E-state index in [1.54, 1.807) is 67.9 Å². The van der Waals surface area contributed by atoms with Crippen LogP contribution in [0.1, 0.15) is 123 Å². The van der Waals surface area contributed by atoms with E-state index in [0.717, 1.165) is 55.6 Å². The average molecular weight is 967 g/mol. The molecule has 14 heteroatoms. The molecule has 0 aliphatic rings. The van der Waals surface area contributed by atoms with E-state index < -0.39 is 10.8 Å². The zero-order valence-electron chi connectivity index (χ0n) is 43.0.